The molecule has 0 saturated heterocycles. The lowest BCUT2D eigenvalue weighted by atomic mass is 10.0. The highest BCUT2D eigenvalue weighted by Gasteiger charge is 2.26. The lowest BCUT2D eigenvalue weighted by Gasteiger charge is -2.20. The Kier molecular flexibility index (Phi) is 2.56. The highest BCUT2D eigenvalue weighted by atomic mass is 32.2. The first kappa shape index (κ1) is 10.3. The van der Waals surface area contributed by atoms with E-state index in [0.29, 0.717) is 29.2 Å². The number of carbonyl (C=O) groups excluding carboxylic acids is 1. The van der Waals surface area contributed by atoms with Crippen molar-refractivity contribution >= 4 is 23.2 Å². The highest BCUT2D eigenvalue weighted by Crippen LogP contribution is 2.39. The van der Waals surface area contributed by atoms with Crippen LogP contribution in [0.15, 0.2) is 11.0 Å². The fraction of sp³-hybridized carbons (Fsp3) is 0.300. The molecular formula is C10H10FNO2S. The Morgan fingerprint density at radius 1 is 1.60 bits per heavy atom. The first-order valence-electron chi connectivity index (χ1n) is 4.47. The number of carbonyl (C=O) groups is 1. The molecule has 3 nitrogen and oxygen atoms in total. The molecule has 0 saturated carbocycles. The van der Waals surface area contributed by atoms with Crippen LogP contribution < -0.4 is 10.5 Å². The molecule has 2 rings (SSSR count). The highest BCUT2D eigenvalue weighted by molar-refractivity contribution is 7.98. The van der Waals surface area contributed by atoms with Crippen LogP contribution in [0, 0.1) is 5.82 Å². The van der Waals surface area contributed by atoms with Crippen molar-refractivity contribution in [2.24, 2.45) is 0 Å². The zero-order chi connectivity index (χ0) is 11.0. The normalized spacial score (nSPS) is 14.7. The van der Waals surface area contributed by atoms with Gasteiger partial charge in [0, 0.05) is 12.1 Å². The molecule has 5 heteroatoms. The Bertz CT molecular complexity index is 434. The number of thioether (sulfide) groups is 1. The van der Waals surface area contributed by atoms with Gasteiger partial charge < -0.3 is 10.5 Å². The SMILES string of the molecule is CSc1c(F)cc(N)c2c1OCCC2=O. The number of ketones is 1. The van der Waals surface area contributed by atoms with E-state index in [-0.39, 0.29) is 11.5 Å². The molecule has 0 radical (unpaired) electrons. The summed E-state index contributed by atoms with van der Waals surface area (Å²) < 4.78 is 18.8. The van der Waals surface area contributed by atoms with E-state index in [9.17, 15) is 9.18 Å². The van der Waals surface area contributed by atoms with E-state index < -0.39 is 5.82 Å². The molecule has 1 aliphatic rings. The van der Waals surface area contributed by atoms with Crippen LogP contribution in [0.1, 0.15) is 16.8 Å². The average molecular weight is 227 g/mol. The molecule has 0 aromatic heterocycles. The maximum atomic E-state index is 13.5. The molecule has 0 fully saturated rings. The van der Waals surface area contributed by atoms with E-state index in [1.807, 2.05) is 0 Å². The molecule has 1 aromatic carbocycles. The number of anilines is 1. The van der Waals surface area contributed by atoms with Crippen LogP contribution >= 0.6 is 11.8 Å². The molecule has 15 heavy (non-hydrogen) atoms. The summed E-state index contributed by atoms with van der Waals surface area (Å²) in [4.78, 5) is 11.9. The molecule has 0 spiro atoms. The van der Waals surface area contributed by atoms with Crippen LogP contribution in [-0.4, -0.2) is 18.6 Å². The minimum Gasteiger partial charge on any atom is -0.491 e. The van der Waals surface area contributed by atoms with E-state index in [1.165, 1.54) is 17.8 Å². The van der Waals surface area contributed by atoms with Crippen LogP contribution in [-0.2, 0) is 0 Å². The van der Waals surface area contributed by atoms with Gasteiger partial charge in [0.15, 0.2) is 5.78 Å². The van der Waals surface area contributed by atoms with E-state index in [1.54, 1.807) is 6.26 Å². The van der Waals surface area contributed by atoms with Crippen LogP contribution in [0.5, 0.6) is 5.75 Å². The van der Waals surface area contributed by atoms with Crippen molar-refractivity contribution in [3.8, 4) is 5.75 Å². The summed E-state index contributed by atoms with van der Waals surface area (Å²) in [6, 6.07) is 1.18. The molecule has 2 N–H and O–H groups in total. The smallest absolute Gasteiger partial charge is 0.172 e. The van der Waals surface area contributed by atoms with Gasteiger partial charge >= 0.3 is 0 Å². The third-order valence-electron chi connectivity index (χ3n) is 2.28. The molecule has 0 amide bonds. The monoisotopic (exact) mass is 227 g/mol. The molecule has 1 aliphatic heterocycles. The predicted molar refractivity (Wildman–Crippen MR) is 57.0 cm³/mol. The number of halogens is 1. The number of nitrogens with two attached hydrogens (primary N) is 1. The van der Waals surface area contributed by atoms with Crippen molar-refractivity contribution in [3.63, 3.8) is 0 Å². The summed E-state index contributed by atoms with van der Waals surface area (Å²) in [7, 11) is 0. The molecule has 80 valence electrons. The van der Waals surface area contributed by atoms with Crippen molar-refractivity contribution in [2.75, 3.05) is 18.6 Å². The summed E-state index contributed by atoms with van der Waals surface area (Å²) in [6.07, 6.45) is 2.04. The Labute approximate surface area is 90.8 Å². The van der Waals surface area contributed by atoms with Crippen LogP contribution in [0.2, 0.25) is 0 Å². The minimum absolute atomic E-state index is 0.0796. The summed E-state index contributed by atoms with van der Waals surface area (Å²) in [5, 5.41) is 0. The van der Waals surface area contributed by atoms with Gasteiger partial charge in [-0.25, -0.2) is 4.39 Å². The lowest BCUT2D eigenvalue weighted by Crippen LogP contribution is -2.18. The second kappa shape index (κ2) is 3.73. The largest absolute Gasteiger partial charge is 0.491 e. The second-order valence-corrected chi connectivity index (χ2v) is 4.02. The Morgan fingerprint density at radius 2 is 2.33 bits per heavy atom. The number of ether oxygens (including phenoxy) is 1. The third kappa shape index (κ3) is 1.56. The summed E-state index contributed by atoms with van der Waals surface area (Å²) in [6.45, 7) is 0.294. The second-order valence-electron chi connectivity index (χ2n) is 3.21. The van der Waals surface area contributed by atoms with Crippen molar-refractivity contribution in [1.29, 1.82) is 0 Å². The van der Waals surface area contributed by atoms with E-state index >= 15 is 0 Å². The summed E-state index contributed by atoms with van der Waals surface area (Å²) in [5.74, 6) is -0.214. The third-order valence-corrected chi connectivity index (χ3v) is 3.07. The van der Waals surface area contributed by atoms with Gasteiger partial charge in [0.1, 0.15) is 11.6 Å². The number of rotatable bonds is 1. The van der Waals surface area contributed by atoms with Gasteiger partial charge in [-0.3, -0.25) is 4.79 Å². The average Bonchev–Trinajstić information content (AvgIpc) is 2.17. The maximum absolute atomic E-state index is 13.5. The molecule has 0 atom stereocenters. The number of benzene rings is 1. The van der Waals surface area contributed by atoms with Crippen molar-refractivity contribution in [1.82, 2.24) is 0 Å². The molecular weight excluding hydrogens is 217 g/mol. The van der Waals surface area contributed by atoms with Gasteiger partial charge in [-0.15, -0.1) is 11.8 Å². The van der Waals surface area contributed by atoms with Crippen molar-refractivity contribution in [3.05, 3.63) is 17.4 Å². The van der Waals surface area contributed by atoms with E-state index in [2.05, 4.69) is 0 Å². The quantitative estimate of drug-likeness (QED) is 0.589. The maximum Gasteiger partial charge on any atom is 0.172 e. The zero-order valence-corrected chi connectivity index (χ0v) is 8.99. The number of hydrogen-bond donors (Lipinski definition) is 1. The van der Waals surface area contributed by atoms with Crippen molar-refractivity contribution < 1.29 is 13.9 Å². The molecule has 1 heterocycles. The Morgan fingerprint density at radius 3 is 3.00 bits per heavy atom. The predicted octanol–water partition coefficient (Wildman–Crippen LogP) is 2.09. The summed E-state index contributed by atoms with van der Waals surface area (Å²) in [5.41, 5.74) is 6.09. The fourth-order valence-electron chi connectivity index (χ4n) is 1.61. The van der Waals surface area contributed by atoms with Gasteiger partial charge in [-0.1, -0.05) is 0 Å². The van der Waals surface area contributed by atoms with Gasteiger partial charge in [0.05, 0.1) is 17.1 Å². The number of nitrogen functional groups attached to an aromatic ring is 1. The molecule has 0 aliphatic carbocycles. The number of Topliss-reactive ketones (excluding diaryl/α,β-unsaturated/α-hetero) is 1. The topological polar surface area (TPSA) is 52.3 Å². The first-order valence-corrected chi connectivity index (χ1v) is 5.69. The van der Waals surface area contributed by atoms with Gasteiger partial charge in [-0.05, 0) is 12.3 Å². The van der Waals surface area contributed by atoms with Crippen LogP contribution in [0.3, 0.4) is 0 Å². The van der Waals surface area contributed by atoms with E-state index in [0.717, 1.165) is 0 Å². The minimum atomic E-state index is -0.437. The lowest BCUT2D eigenvalue weighted by molar-refractivity contribution is 0.0932. The van der Waals surface area contributed by atoms with Gasteiger partial charge in [0.25, 0.3) is 0 Å². The number of fused-ring (bicyclic) bond motifs is 1. The zero-order valence-electron chi connectivity index (χ0n) is 8.17. The molecule has 0 bridgehead atoms. The Balaban J connectivity index is 2.70. The number of hydrogen-bond acceptors (Lipinski definition) is 4. The van der Waals surface area contributed by atoms with Crippen LogP contribution in [0.4, 0.5) is 10.1 Å². The van der Waals surface area contributed by atoms with E-state index in [4.69, 9.17) is 10.5 Å². The van der Waals surface area contributed by atoms with Crippen molar-refractivity contribution in [2.45, 2.75) is 11.3 Å². The Hall–Kier alpha value is -1.23. The summed E-state index contributed by atoms with van der Waals surface area (Å²) >= 11 is 1.21. The van der Waals surface area contributed by atoms with Gasteiger partial charge in [-0.2, -0.15) is 0 Å². The molecule has 1 aromatic rings. The standard InChI is InChI=1S/C10H10FNO2S/c1-15-10-5(11)4-6(12)8-7(13)2-3-14-9(8)10/h4H,2-3,12H2,1H3. The first-order chi connectivity index (χ1) is 7.15. The molecule has 0 unspecified atom stereocenters. The van der Waals surface area contributed by atoms with Crippen LogP contribution in [0.25, 0.3) is 0 Å². The fourth-order valence-corrected chi connectivity index (χ4v) is 2.21. The van der Waals surface area contributed by atoms with Gasteiger partial charge in [0.2, 0.25) is 0 Å².